The number of para-hydroxylation sites is 1. The minimum atomic E-state index is -0.827. The standard InChI is InChI=1S/C18H27N3O2/c1-3-11-18(2,19)17(23)20-12-6-9-16(22)21-13-10-14-7-4-5-8-15(14)21/h4-5,7-8H,3,6,9-13,19H2,1-2H3,(H,20,23). The highest BCUT2D eigenvalue weighted by Crippen LogP contribution is 2.27. The van der Waals surface area contributed by atoms with Crippen molar-refractivity contribution < 1.29 is 9.59 Å². The molecule has 0 bridgehead atoms. The second-order valence-corrected chi connectivity index (χ2v) is 6.45. The van der Waals surface area contributed by atoms with Crippen molar-refractivity contribution in [2.24, 2.45) is 5.73 Å². The molecule has 1 unspecified atom stereocenters. The molecule has 0 saturated carbocycles. The van der Waals surface area contributed by atoms with Crippen molar-refractivity contribution in [3.8, 4) is 0 Å². The van der Waals surface area contributed by atoms with Crippen LogP contribution in [0.4, 0.5) is 5.69 Å². The minimum Gasteiger partial charge on any atom is -0.354 e. The second kappa shape index (κ2) is 7.59. The number of rotatable bonds is 7. The number of carbonyl (C=O) groups excluding carboxylic acids is 2. The van der Waals surface area contributed by atoms with E-state index in [2.05, 4.69) is 11.4 Å². The van der Waals surface area contributed by atoms with Crippen molar-refractivity contribution in [1.29, 1.82) is 0 Å². The Balaban J connectivity index is 1.75. The van der Waals surface area contributed by atoms with Gasteiger partial charge in [-0.1, -0.05) is 31.5 Å². The van der Waals surface area contributed by atoms with Gasteiger partial charge in [-0.3, -0.25) is 9.59 Å². The van der Waals surface area contributed by atoms with Gasteiger partial charge in [0.25, 0.3) is 0 Å². The molecule has 0 aromatic heterocycles. The highest BCUT2D eigenvalue weighted by molar-refractivity contribution is 5.95. The summed E-state index contributed by atoms with van der Waals surface area (Å²) in [4.78, 5) is 26.2. The Hall–Kier alpha value is -1.88. The third-order valence-corrected chi connectivity index (χ3v) is 4.33. The maximum atomic E-state index is 12.3. The summed E-state index contributed by atoms with van der Waals surface area (Å²) in [6.45, 7) is 4.99. The highest BCUT2D eigenvalue weighted by atomic mass is 16.2. The average molecular weight is 317 g/mol. The molecule has 126 valence electrons. The first-order valence-electron chi connectivity index (χ1n) is 8.41. The molecule has 2 rings (SSSR count). The fraction of sp³-hybridized carbons (Fsp3) is 0.556. The maximum absolute atomic E-state index is 12.3. The molecular weight excluding hydrogens is 290 g/mol. The van der Waals surface area contributed by atoms with Gasteiger partial charge in [-0.05, 0) is 37.8 Å². The van der Waals surface area contributed by atoms with Crippen LogP contribution in [-0.2, 0) is 16.0 Å². The third kappa shape index (κ3) is 4.32. The molecule has 5 heteroatoms. The predicted molar refractivity (Wildman–Crippen MR) is 92.2 cm³/mol. The van der Waals surface area contributed by atoms with E-state index in [-0.39, 0.29) is 11.8 Å². The van der Waals surface area contributed by atoms with E-state index in [4.69, 9.17) is 5.73 Å². The van der Waals surface area contributed by atoms with E-state index in [1.54, 1.807) is 6.92 Å². The van der Waals surface area contributed by atoms with Crippen molar-refractivity contribution in [2.75, 3.05) is 18.0 Å². The van der Waals surface area contributed by atoms with Crippen LogP contribution in [0.5, 0.6) is 0 Å². The monoisotopic (exact) mass is 317 g/mol. The van der Waals surface area contributed by atoms with Gasteiger partial charge in [0, 0.05) is 25.2 Å². The maximum Gasteiger partial charge on any atom is 0.239 e. The molecule has 2 amide bonds. The van der Waals surface area contributed by atoms with E-state index >= 15 is 0 Å². The van der Waals surface area contributed by atoms with Crippen molar-refractivity contribution in [1.82, 2.24) is 5.32 Å². The lowest BCUT2D eigenvalue weighted by molar-refractivity contribution is -0.126. The van der Waals surface area contributed by atoms with Crippen LogP contribution < -0.4 is 16.0 Å². The van der Waals surface area contributed by atoms with Crippen LogP contribution in [0.1, 0.15) is 45.1 Å². The number of nitrogens with two attached hydrogens (primary N) is 1. The summed E-state index contributed by atoms with van der Waals surface area (Å²) in [7, 11) is 0. The Morgan fingerprint density at radius 1 is 1.35 bits per heavy atom. The molecule has 0 spiro atoms. The topological polar surface area (TPSA) is 75.4 Å². The summed E-state index contributed by atoms with van der Waals surface area (Å²) in [6.07, 6.45) is 3.51. The van der Waals surface area contributed by atoms with E-state index in [0.717, 1.165) is 25.1 Å². The van der Waals surface area contributed by atoms with Gasteiger partial charge >= 0.3 is 0 Å². The molecule has 0 saturated heterocycles. The summed E-state index contributed by atoms with van der Waals surface area (Å²) in [6, 6.07) is 8.02. The molecule has 0 radical (unpaired) electrons. The number of hydrogen-bond acceptors (Lipinski definition) is 3. The van der Waals surface area contributed by atoms with Gasteiger partial charge in [-0.25, -0.2) is 0 Å². The first-order valence-corrected chi connectivity index (χ1v) is 8.41. The minimum absolute atomic E-state index is 0.119. The lowest BCUT2D eigenvalue weighted by Gasteiger charge is -2.23. The fourth-order valence-corrected chi connectivity index (χ4v) is 3.01. The zero-order chi connectivity index (χ0) is 16.9. The van der Waals surface area contributed by atoms with Crippen LogP contribution in [0, 0.1) is 0 Å². The quantitative estimate of drug-likeness (QED) is 0.755. The van der Waals surface area contributed by atoms with Crippen LogP contribution >= 0.6 is 0 Å². The van der Waals surface area contributed by atoms with Gasteiger partial charge in [0.2, 0.25) is 11.8 Å². The summed E-state index contributed by atoms with van der Waals surface area (Å²) >= 11 is 0. The number of carbonyl (C=O) groups is 2. The first kappa shape index (κ1) is 17.5. The Bertz CT molecular complexity index is 569. The van der Waals surface area contributed by atoms with Gasteiger partial charge in [0.05, 0.1) is 5.54 Å². The predicted octanol–water partition coefficient (Wildman–Crippen LogP) is 1.99. The lowest BCUT2D eigenvalue weighted by Crippen LogP contribution is -2.51. The van der Waals surface area contributed by atoms with E-state index in [0.29, 0.717) is 25.8 Å². The zero-order valence-electron chi connectivity index (χ0n) is 14.1. The number of amides is 2. The first-order chi connectivity index (χ1) is 11.0. The molecule has 3 N–H and O–H groups in total. The number of nitrogens with one attached hydrogen (secondary N) is 1. The molecule has 1 aliphatic heterocycles. The molecule has 1 aliphatic rings. The largest absolute Gasteiger partial charge is 0.354 e. The van der Waals surface area contributed by atoms with Gasteiger partial charge in [0.1, 0.15) is 0 Å². The molecule has 1 aromatic rings. The summed E-state index contributed by atoms with van der Waals surface area (Å²) in [5.41, 5.74) is 7.41. The summed E-state index contributed by atoms with van der Waals surface area (Å²) in [5.74, 6) is -0.0217. The molecule has 1 atom stereocenters. The number of anilines is 1. The van der Waals surface area contributed by atoms with Crippen LogP contribution in [-0.4, -0.2) is 30.4 Å². The van der Waals surface area contributed by atoms with Gasteiger partial charge in [-0.2, -0.15) is 0 Å². The van der Waals surface area contributed by atoms with E-state index in [1.165, 1.54) is 5.56 Å². The summed E-state index contributed by atoms with van der Waals surface area (Å²) < 4.78 is 0. The number of nitrogens with zero attached hydrogens (tertiary/aromatic N) is 1. The van der Waals surface area contributed by atoms with Crippen molar-refractivity contribution >= 4 is 17.5 Å². The van der Waals surface area contributed by atoms with Crippen molar-refractivity contribution in [3.05, 3.63) is 29.8 Å². The van der Waals surface area contributed by atoms with Crippen molar-refractivity contribution in [2.45, 2.75) is 51.5 Å². The molecule has 1 heterocycles. The third-order valence-electron chi connectivity index (χ3n) is 4.33. The van der Waals surface area contributed by atoms with E-state index in [1.807, 2.05) is 30.0 Å². The fourth-order valence-electron chi connectivity index (χ4n) is 3.01. The molecule has 5 nitrogen and oxygen atoms in total. The lowest BCUT2D eigenvalue weighted by atomic mass is 9.96. The van der Waals surface area contributed by atoms with E-state index < -0.39 is 5.54 Å². The van der Waals surface area contributed by atoms with Crippen LogP contribution in [0.15, 0.2) is 24.3 Å². The van der Waals surface area contributed by atoms with Crippen molar-refractivity contribution in [3.63, 3.8) is 0 Å². The Morgan fingerprint density at radius 3 is 2.83 bits per heavy atom. The van der Waals surface area contributed by atoms with Crippen LogP contribution in [0.2, 0.25) is 0 Å². The van der Waals surface area contributed by atoms with Gasteiger partial charge in [0.15, 0.2) is 0 Å². The smallest absolute Gasteiger partial charge is 0.239 e. The van der Waals surface area contributed by atoms with Gasteiger partial charge < -0.3 is 16.0 Å². The van der Waals surface area contributed by atoms with Gasteiger partial charge in [-0.15, -0.1) is 0 Å². The number of hydrogen-bond donors (Lipinski definition) is 2. The number of benzene rings is 1. The molecular formula is C18H27N3O2. The molecule has 0 fully saturated rings. The SMILES string of the molecule is CCCC(C)(N)C(=O)NCCCC(=O)N1CCc2ccccc21. The van der Waals surface area contributed by atoms with E-state index in [9.17, 15) is 9.59 Å². The molecule has 23 heavy (non-hydrogen) atoms. The van der Waals surface area contributed by atoms with Crippen LogP contribution in [0.3, 0.4) is 0 Å². The van der Waals surface area contributed by atoms with Crippen LogP contribution in [0.25, 0.3) is 0 Å². The Labute approximate surface area is 138 Å². The normalized spacial score (nSPS) is 15.9. The second-order valence-electron chi connectivity index (χ2n) is 6.45. The Kier molecular flexibility index (Phi) is 5.77. The zero-order valence-corrected chi connectivity index (χ0v) is 14.1. The summed E-state index contributed by atoms with van der Waals surface area (Å²) in [5, 5.41) is 2.84. The molecule has 0 aliphatic carbocycles. The molecule has 1 aromatic carbocycles. The average Bonchev–Trinajstić information content (AvgIpc) is 2.95. The Morgan fingerprint density at radius 2 is 2.09 bits per heavy atom. The highest BCUT2D eigenvalue weighted by Gasteiger charge is 2.27. The number of fused-ring (bicyclic) bond motifs is 1.